The summed E-state index contributed by atoms with van der Waals surface area (Å²) in [7, 11) is 0. The number of aromatic nitrogens is 2. The predicted molar refractivity (Wildman–Crippen MR) is 72.1 cm³/mol. The molecule has 1 aromatic rings. The lowest BCUT2D eigenvalue weighted by Crippen LogP contribution is -2.38. The summed E-state index contributed by atoms with van der Waals surface area (Å²) in [6.07, 6.45) is 5.93. The lowest BCUT2D eigenvalue weighted by molar-refractivity contribution is 0.325. The molecule has 5 nitrogen and oxygen atoms in total. The molecule has 18 heavy (non-hydrogen) atoms. The Hall–Kier alpha value is -1.36. The van der Waals surface area contributed by atoms with E-state index in [0.29, 0.717) is 18.5 Å². The summed E-state index contributed by atoms with van der Waals surface area (Å²) in [5.41, 5.74) is 0. The first-order valence-corrected chi connectivity index (χ1v) is 6.77. The smallest absolute Gasteiger partial charge is 0.234 e. The van der Waals surface area contributed by atoms with Crippen molar-refractivity contribution in [1.29, 1.82) is 0 Å². The van der Waals surface area contributed by atoms with E-state index in [9.17, 15) is 0 Å². The van der Waals surface area contributed by atoms with Crippen molar-refractivity contribution in [2.75, 3.05) is 31.1 Å². The van der Waals surface area contributed by atoms with Crippen molar-refractivity contribution in [1.82, 2.24) is 15.3 Å². The molecule has 0 amide bonds. The molecule has 5 heteroatoms. The fourth-order valence-corrected chi connectivity index (χ4v) is 2.35. The zero-order valence-corrected chi connectivity index (χ0v) is 11.2. The molecule has 0 aromatic carbocycles. The van der Waals surface area contributed by atoms with Crippen LogP contribution in [0.1, 0.15) is 26.7 Å². The quantitative estimate of drug-likeness (QED) is 0.828. The van der Waals surface area contributed by atoms with Gasteiger partial charge in [-0.25, -0.2) is 0 Å². The van der Waals surface area contributed by atoms with Gasteiger partial charge in [-0.3, -0.25) is 4.98 Å². The molecular formula is C13H22N4O. The van der Waals surface area contributed by atoms with E-state index in [2.05, 4.69) is 27.1 Å². The van der Waals surface area contributed by atoms with Gasteiger partial charge in [0.1, 0.15) is 0 Å². The Morgan fingerprint density at radius 3 is 3.11 bits per heavy atom. The van der Waals surface area contributed by atoms with Crippen molar-refractivity contribution in [3.05, 3.63) is 12.4 Å². The monoisotopic (exact) mass is 250 g/mol. The Labute approximate surface area is 109 Å². The highest BCUT2D eigenvalue weighted by Gasteiger charge is 2.25. The zero-order chi connectivity index (χ0) is 12.8. The van der Waals surface area contributed by atoms with E-state index in [1.165, 1.54) is 12.8 Å². The first-order chi connectivity index (χ1) is 8.85. The second-order valence-corrected chi connectivity index (χ2v) is 4.45. The van der Waals surface area contributed by atoms with Gasteiger partial charge in [0.25, 0.3) is 0 Å². The molecular weight excluding hydrogens is 228 g/mol. The van der Waals surface area contributed by atoms with Gasteiger partial charge >= 0.3 is 0 Å². The van der Waals surface area contributed by atoms with Crippen LogP contribution in [0, 0.1) is 0 Å². The highest BCUT2D eigenvalue weighted by molar-refractivity contribution is 5.40. The Morgan fingerprint density at radius 1 is 1.44 bits per heavy atom. The highest BCUT2D eigenvalue weighted by Crippen LogP contribution is 2.24. The molecule has 1 atom stereocenters. The highest BCUT2D eigenvalue weighted by atomic mass is 16.5. The third-order valence-corrected chi connectivity index (χ3v) is 3.19. The Balaban J connectivity index is 2.06. The van der Waals surface area contributed by atoms with E-state index in [1.54, 1.807) is 6.20 Å². The van der Waals surface area contributed by atoms with Crippen molar-refractivity contribution in [2.24, 2.45) is 0 Å². The van der Waals surface area contributed by atoms with Crippen LogP contribution >= 0.6 is 0 Å². The number of ether oxygens (including phenoxy) is 1. The van der Waals surface area contributed by atoms with E-state index >= 15 is 0 Å². The molecule has 1 aromatic heterocycles. The summed E-state index contributed by atoms with van der Waals surface area (Å²) in [5.74, 6) is 1.55. The lowest BCUT2D eigenvalue weighted by Gasteiger charge is -2.25. The van der Waals surface area contributed by atoms with Gasteiger partial charge < -0.3 is 15.0 Å². The van der Waals surface area contributed by atoms with Crippen LogP contribution in [0.4, 0.5) is 5.82 Å². The molecule has 0 spiro atoms. The summed E-state index contributed by atoms with van der Waals surface area (Å²) >= 11 is 0. The van der Waals surface area contributed by atoms with Crippen LogP contribution in [0.15, 0.2) is 12.4 Å². The maximum Gasteiger partial charge on any atom is 0.234 e. The van der Waals surface area contributed by atoms with Gasteiger partial charge in [0, 0.05) is 19.1 Å². The molecule has 0 aliphatic carbocycles. The molecule has 2 rings (SSSR count). The van der Waals surface area contributed by atoms with E-state index in [0.717, 1.165) is 25.5 Å². The average Bonchev–Trinajstić information content (AvgIpc) is 2.85. The maximum absolute atomic E-state index is 5.41. The minimum absolute atomic E-state index is 0.524. The Bertz CT molecular complexity index is 372. The van der Waals surface area contributed by atoms with E-state index in [1.807, 2.05) is 13.1 Å². The van der Waals surface area contributed by atoms with Gasteiger partial charge in [0.2, 0.25) is 5.88 Å². The predicted octanol–water partition coefficient (Wildman–Crippen LogP) is 1.45. The normalized spacial score (nSPS) is 19.2. The largest absolute Gasteiger partial charge is 0.477 e. The number of nitrogens with zero attached hydrogens (tertiary/aromatic N) is 3. The summed E-state index contributed by atoms with van der Waals surface area (Å²) in [5, 5.41) is 3.41. The van der Waals surface area contributed by atoms with Crippen LogP contribution in [0.3, 0.4) is 0 Å². The summed E-state index contributed by atoms with van der Waals surface area (Å²) < 4.78 is 5.41. The molecule has 1 N–H and O–H groups in total. The second-order valence-electron chi connectivity index (χ2n) is 4.45. The second kappa shape index (κ2) is 6.54. The van der Waals surface area contributed by atoms with E-state index < -0.39 is 0 Å². The minimum Gasteiger partial charge on any atom is -0.477 e. The van der Waals surface area contributed by atoms with E-state index in [4.69, 9.17) is 4.74 Å². The summed E-state index contributed by atoms with van der Waals surface area (Å²) in [6.45, 7) is 7.79. The van der Waals surface area contributed by atoms with Gasteiger partial charge in [0.15, 0.2) is 5.82 Å². The SMILES string of the molecule is CCNCC1CCCN1c1cncc(OCC)n1. The Kier molecular flexibility index (Phi) is 4.75. The van der Waals surface area contributed by atoms with Crippen molar-refractivity contribution >= 4 is 5.82 Å². The molecule has 2 heterocycles. The first-order valence-electron chi connectivity index (χ1n) is 6.77. The molecule has 100 valence electrons. The van der Waals surface area contributed by atoms with Gasteiger partial charge in [-0.15, -0.1) is 0 Å². The molecule has 1 aliphatic rings. The fourth-order valence-electron chi connectivity index (χ4n) is 2.35. The first kappa shape index (κ1) is 13.1. The number of anilines is 1. The third kappa shape index (κ3) is 3.10. The number of rotatable bonds is 6. The fraction of sp³-hybridized carbons (Fsp3) is 0.692. The van der Waals surface area contributed by atoms with Crippen molar-refractivity contribution in [2.45, 2.75) is 32.7 Å². The third-order valence-electron chi connectivity index (χ3n) is 3.19. The number of nitrogens with one attached hydrogen (secondary N) is 1. The summed E-state index contributed by atoms with van der Waals surface area (Å²) in [4.78, 5) is 11.1. The van der Waals surface area contributed by atoms with Crippen LogP contribution in [0.25, 0.3) is 0 Å². The van der Waals surface area contributed by atoms with Crippen molar-refractivity contribution in [3.63, 3.8) is 0 Å². The number of hydrogen-bond donors (Lipinski definition) is 1. The minimum atomic E-state index is 0.524. The van der Waals surface area contributed by atoms with Crippen LogP contribution in [-0.2, 0) is 0 Å². The molecule has 1 unspecified atom stereocenters. The molecule has 1 fully saturated rings. The lowest BCUT2D eigenvalue weighted by atomic mass is 10.2. The van der Waals surface area contributed by atoms with E-state index in [-0.39, 0.29) is 0 Å². The topological polar surface area (TPSA) is 50.3 Å². The van der Waals surface area contributed by atoms with Crippen LogP contribution < -0.4 is 15.0 Å². The number of likely N-dealkylation sites (N-methyl/N-ethyl adjacent to an activating group) is 1. The maximum atomic E-state index is 5.41. The van der Waals surface area contributed by atoms with Gasteiger partial charge in [-0.2, -0.15) is 4.98 Å². The average molecular weight is 250 g/mol. The van der Waals surface area contributed by atoms with Crippen molar-refractivity contribution < 1.29 is 4.74 Å². The van der Waals surface area contributed by atoms with Crippen LogP contribution in [-0.4, -0.2) is 42.3 Å². The van der Waals surface area contributed by atoms with Crippen LogP contribution in [0.5, 0.6) is 5.88 Å². The molecule has 0 bridgehead atoms. The Morgan fingerprint density at radius 2 is 2.33 bits per heavy atom. The molecule has 1 saturated heterocycles. The van der Waals surface area contributed by atoms with Crippen LogP contribution in [0.2, 0.25) is 0 Å². The molecule has 1 aliphatic heterocycles. The van der Waals surface area contributed by atoms with Gasteiger partial charge in [-0.1, -0.05) is 6.92 Å². The molecule has 0 saturated carbocycles. The van der Waals surface area contributed by atoms with Crippen molar-refractivity contribution in [3.8, 4) is 5.88 Å². The number of hydrogen-bond acceptors (Lipinski definition) is 5. The summed E-state index contributed by atoms with van der Waals surface area (Å²) in [6, 6.07) is 0.524. The molecule has 0 radical (unpaired) electrons. The standard InChI is InChI=1S/C13H22N4O/c1-3-14-8-11-6-5-7-17(11)12-9-15-10-13(16-12)18-4-2/h9-11,14H,3-8H2,1-2H3. The van der Waals surface area contributed by atoms with Gasteiger partial charge in [0.05, 0.1) is 19.0 Å². The van der Waals surface area contributed by atoms with Gasteiger partial charge in [-0.05, 0) is 26.3 Å². The zero-order valence-electron chi connectivity index (χ0n) is 11.2.